The standard InChI is InChI=1S/C36H37FN2O/c1-24-10-4-8-14-32(24)36-33-19-26(3)25(2)18-29(33)16-17-38(36)23-35(40)39(22-30-13-7-9-15-34(30)37)31-20-27-11-5-6-12-28(27)21-31/h4-15,18-19,31,36H,16-17,20-23H2,1-3H3. The van der Waals surface area contributed by atoms with Crippen LogP contribution in [0.3, 0.4) is 0 Å². The maximum Gasteiger partial charge on any atom is 0.237 e. The molecule has 0 saturated carbocycles. The molecule has 0 bridgehead atoms. The zero-order valence-electron chi connectivity index (χ0n) is 23.7. The van der Waals surface area contributed by atoms with Crippen molar-refractivity contribution in [2.45, 2.75) is 58.7 Å². The lowest BCUT2D eigenvalue weighted by Gasteiger charge is -2.40. The van der Waals surface area contributed by atoms with E-state index in [0.717, 1.165) is 25.8 Å². The van der Waals surface area contributed by atoms with Gasteiger partial charge in [0.2, 0.25) is 5.91 Å². The largest absolute Gasteiger partial charge is 0.333 e. The van der Waals surface area contributed by atoms with Crippen molar-refractivity contribution >= 4 is 5.91 Å². The minimum Gasteiger partial charge on any atom is -0.333 e. The number of carbonyl (C=O) groups excluding carboxylic acids is 1. The summed E-state index contributed by atoms with van der Waals surface area (Å²) in [4.78, 5) is 18.6. The third kappa shape index (κ3) is 5.09. The van der Waals surface area contributed by atoms with Gasteiger partial charge in [0.05, 0.1) is 12.6 Å². The SMILES string of the molecule is Cc1cc2c(cc1C)C(c1ccccc1C)N(CC(=O)N(Cc1ccccc1F)C1Cc3ccccc3C1)CC2. The zero-order chi connectivity index (χ0) is 27.8. The van der Waals surface area contributed by atoms with Crippen LogP contribution in [0, 0.1) is 26.6 Å². The Bertz CT molecular complexity index is 1540. The van der Waals surface area contributed by atoms with Crippen LogP contribution >= 0.6 is 0 Å². The Morgan fingerprint density at radius 3 is 2.17 bits per heavy atom. The highest BCUT2D eigenvalue weighted by Crippen LogP contribution is 2.38. The third-order valence-corrected chi connectivity index (χ3v) is 8.99. The van der Waals surface area contributed by atoms with E-state index >= 15 is 0 Å². The van der Waals surface area contributed by atoms with Crippen LogP contribution in [0.5, 0.6) is 0 Å². The van der Waals surface area contributed by atoms with Crippen LogP contribution in [0.15, 0.2) is 84.9 Å². The van der Waals surface area contributed by atoms with Gasteiger partial charge in [-0.05, 0) is 90.6 Å². The summed E-state index contributed by atoms with van der Waals surface area (Å²) < 4.78 is 14.8. The molecular formula is C36H37FN2O. The quantitative estimate of drug-likeness (QED) is 0.270. The van der Waals surface area contributed by atoms with Gasteiger partial charge in [0, 0.05) is 24.7 Å². The summed E-state index contributed by atoms with van der Waals surface area (Å²) in [5, 5.41) is 0. The van der Waals surface area contributed by atoms with Crippen LogP contribution in [0.25, 0.3) is 0 Å². The van der Waals surface area contributed by atoms with Gasteiger partial charge in [0.1, 0.15) is 5.82 Å². The second kappa shape index (κ2) is 11.0. The van der Waals surface area contributed by atoms with Crippen molar-refractivity contribution < 1.29 is 9.18 Å². The summed E-state index contributed by atoms with van der Waals surface area (Å²) in [7, 11) is 0. The molecule has 1 heterocycles. The Labute approximate surface area is 237 Å². The van der Waals surface area contributed by atoms with Crippen LogP contribution < -0.4 is 0 Å². The zero-order valence-corrected chi connectivity index (χ0v) is 23.7. The molecule has 40 heavy (non-hydrogen) atoms. The molecule has 1 amide bonds. The molecule has 1 atom stereocenters. The van der Waals surface area contributed by atoms with Gasteiger partial charge in [-0.3, -0.25) is 9.69 Å². The molecule has 4 heteroatoms. The fourth-order valence-electron chi connectivity index (χ4n) is 6.64. The molecule has 204 valence electrons. The summed E-state index contributed by atoms with van der Waals surface area (Å²) in [6.45, 7) is 7.88. The number of hydrogen-bond acceptors (Lipinski definition) is 2. The van der Waals surface area contributed by atoms with Crippen LogP contribution in [-0.2, 0) is 30.6 Å². The number of fused-ring (bicyclic) bond motifs is 2. The first-order valence-electron chi connectivity index (χ1n) is 14.4. The maximum absolute atomic E-state index is 14.8. The molecule has 1 unspecified atom stereocenters. The Balaban J connectivity index is 1.34. The van der Waals surface area contributed by atoms with Gasteiger partial charge >= 0.3 is 0 Å². The number of hydrogen-bond donors (Lipinski definition) is 0. The van der Waals surface area contributed by atoms with Crippen molar-refractivity contribution in [1.29, 1.82) is 0 Å². The lowest BCUT2D eigenvalue weighted by Crippen LogP contribution is -2.48. The summed E-state index contributed by atoms with van der Waals surface area (Å²) >= 11 is 0. The molecule has 0 aromatic heterocycles. The van der Waals surface area contributed by atoms with Crippen molar-refractivity contribution in [2.75, 3.05) is 13.1 Å². The van der Waals surface area contributed by atoms with E-state index in [4.69, 9.17) is 0 Å². The lowest BCUT2D eigenvalue weighted by atomic mass is 9.84. The normalized spacial score (nSPS) is 16.9. The van der Waals surface area contributed by atoms with Gasteiger partial charge in [-0.2, -0.15) is 0 Å². The molecule has 3 nitrogen and oxygen atoms in total. The van der Waals surface area contributed by atoms with Crippen LogP contribution in [-0.4, -0.2) is 34.8 Å². The van der Waals surface area contributed by atoms with Gasteiger partial charge in [-0.25, -0.2) is 4.39 Å². The van der Waals surface area contributed by atoms with E-state index in [1.54, 1.807) is 12.1 Å². The molecule has 0 fully saturated rings. The number of halogens is 1. The number of amides is 1. The molecule has 2 aliphatic rings. The number of carbonyl (C=O) groups is 1. The molecule has 0 radical (unpaired) electrons. The van der Waals surface area contributed by atoms with Gasteiger partial charge in [0.25, 0.3) is 0 Å². The molecule has 1 aliphatic heterocycles. The third-order valence-electron chi connectivity index (χ3n) is 8.99. The van der Waals surface area contributed by atoms with E-state index in [1.807, 2.05) is 11.0 Å². The number of nitrogens with zero attached hydrogens (tertiary/aromatic N) is 2. The van der Waals surface area contributed by atoms with Gasteiger partial charge < -0.3 is 4.90 Å². The average molecular weight is 533 g/mol. The van der Waals surface area contributed by atoms with E-state index in [0.29, 0.717) is 12.1 Å². The molecular weight excluding hydrogens is 495 g/mol. The average Bonchev–Trinajstić information content (AvgIpc) is 3.38. The summed E-state index contributed by atoms with van der Waals surface area (Å²) in [5.41, 5.74) is 10.9. The predicted octanol–water partition coefficient (Wildman–Crippen LogP) is 6.89. The summed E-state index contributed by atoms with van der Waals surface area (Å²) in [6, 6.07) is 28.5. The highest BCUT2D eigenvalue weighted by Gasteiger charge is 2.35. The fourth-order valence-corrected chi connectivity index (χ4v) is 6.64. The molecule has 6 rings (SSSR count). The first kappa shape index (κ1) is 26.5. The highest BCUT2D eigenvalue weighted by atomic mass is 19.1. The van der Waals surface area contributed by atoms with Gasteiger partial charge in [-0.15, -0.1) is 0 Å². The first-order valence-corrected chi connectivity index (χ1v) is 14.4. The molecule has 1 aliphatic carbocycles. The second-order valence-corrected chi connectivity index (χ2v) is 11.6. The van der Waals surface area contributed by atoms with Gasteiger partial charge in [-0.1, -0.05) is 78.9 Å². The van der Waals surface area contributed by atoms with Crippen LogP contribution in [0.4, 0.5) is 4.39 Å². The smallest absolute Gasteiger partial charge is 0.237 e. The van der Waals surface area contributed by atoms with Crippen molar-refractivity contribution in [3.8, 4) is 0 Å². The van der Waals surface area contributed by atoms with Crippen molar-refractivity contribution in [2.24, 2.45) is 0 Å². The highest BCUT2D eigenvalue weighted by molar-refractivity contribution is 5.79. The molecule has 0 saturated heterocycles. The van der Waals surface area contributed by atoms with Crippen LogP contribution in [0.1, 0.15) is 56.1 Å². The number of rotatable bonds is 6. The van der Waals surface area contributed by atoms with Crippen molar-refractivity contribution in [1.82, 2.24) is 9.80 Å². The monoisotopic (exact) mass is 532 g/mol. The fraction of sp³-hybridized carbons (Fsp3) is 0.306. The Hall–Kier alpha value is -3.76. The molecule has 0 spiro atoms. The topological polar surface area (TPSA) is 23.6 Å². The second-order valence-electron chi connectivity index (χ2n) is 11.6. The van der Waals surface area contributed by atoms with E-state index in [1.165, 1.54) is 50.6 Å². The van der Waals surface area contributed by atoms with Crippen molar-refractivity contribution in [3.63, 3.8) is 0 Å². The first-order chi connectivity index (χ1) is 19.4. The Morgan fingerprint density at radius 1 is 0.800 bits per heavy atom. The van der Waals surface area contributed by atoms with E-state index in [2.05, 4.69) is 86.3 Å². The van der Waals surface area contributed by atoms with E-state index < -0.39 is 0 Å². The number of benzene rings is 4. The summed E-state index contributed by atoms with van der Waals surface area (Å²) in [6.07, 6.45) is 2.52. The molecule has 0 N–H and O–H groups in total. The molecule has 4 aromatic rings. The predicted molar refractivity (Wildman–Crippen MR) is 159 cm³/mol. The minimum atomic E-state index is -0.258. The van der Waals surface area contributed by atoms with E-state index in [9.17, 15) is 9.18 Å². The van der Waals surface area contributed by atoms with Crippen LogP contribution in [0.2, 0.25) is 0 Å². The van der Waals surface area contributed by atoms with Crippen molar-refractivity contribution in [3.05, 3.63) is 141 Å². The molecule has 4 aromatic carbocycles. The minimum absolute atomic E-state index is 0.00397. The Kier molecular flexibility index (Phi) is 7.29. The maximum atomic E-state index is 14.8. The summed E-state index contributed by atoms with van der Waals surface area (Å²) in [5.74, 6) is -0.196. The lowest BCUT2D eigenvalue weighted by molar-refractivity contribution is -0.136. The number of aryl methyl sites for hydroxylation is 3. The van der Waals surface area contributed by atoms with Gasteiger partial charge in [0.15, 0.2) is 0 Å². The van der Waals surface area contributed by atoms with E-state index in [-0.39, 0.29) is 30.4 Å². The Morgan fingerprint density at radius 2 is 1.45 bits per heavy atom.